The molecule has 0 aromatic heterocycles. The molecule has 0 aliphatic carbocycles. The van der Waals surface area contributed by atoms with Crippen molar-refractivity contribution in [1.82, 2.24) is 4.31 Å². The molecule has 2 aliphatic heterocycles. The summed E-state index contributed by atoms with van der Waals surface area (Å²) in [7, 11) is 0. The van der Waals surface area contributed by atoms with E-state index in [1.165, 1.54) is 5.56 Å². The van der Waals surface area contributed by atoms with Crippen LogP contribution in [0.4, 0.5) is 10.5 Å². The number of rotatable bonds is 7. The minimum absolute atomic E-state index is 0.148. The molecule has 7 heteroatoms. The van der Waals surface area contributed by atoms with Crippen LogP contribution in [0.15, 0.2) is 40.3 Å². The van der Waals surface area contributed by atoms with Gasteiger partial charge in [-0.15, -0.1) is 11.6 Å². The van der Waals surface area contributed by atoms with Crippen LogP contribution in [-0.2, 0) is 11.3 Å². The Labute approximate surface area is 201 Å². The number of ether oxygens (including phenoxy) is 1. The van der Waals surface area contributed by atoms with Crippen molar-refractivity contribution in [3.63, 3.8) is 0 Å². The lowest BCUT2D eigenvalue weighted by Gasteiger charge is -2.40. The van der Waals surface area contributed by atoms with Crippen molar-refractivity contribution in [3.05, 3.63) is 51.4 Å². The molecule has 0 N–H and O–H groups in total. The van der Waals surface area contributed by atoms with Crippen LogP contribution >= 0.6 is 35.1 Å². The Morgan fingerprint density at radius 2 is 2.00 bits per heavy atom. The average molecular weight is 486 g/mol. The Hall–Kier alpha value is -1.14. The van der Waals surface area contributed by atoms with Crippen molar-refractivity contribution in [2.75, 3.05) is 23.9 Å². The number of anilines is 1. The molecular formula is C24H34Cl2N2O2S. The molecule has 0 unspecified atom stereocenters. The zero-order chi connectivity index (χ0) is 22.8. The molecule has 2 aliphatic rings. The number of hydrogen-bond acceptors (Lipinski definition) is 4. The van der Waals surface area contributed by atoms with Gasteiger partial charge in [-0.25, -0.2) is 9.10 Å². The molecule has 172 valence electrons. The molecule has 0 saturated carbocycles. The smallest absolute Gasteiger partial charge is 0.414 e. The highest BCUT2D eigenvalue weighted by molar-refractivity contribution is 8.01. The third kappa shape index (κ3) is 7.18. The van der Waals surface area contributed by atoms with Gasteiger partial charge in [-0.3, -0.25) is 4.90 Å². The molecule has 2 heterocycles. The Balaban J connectivity index is 0.00000166. The highest BCUT2D eigenvalue weighted by Crippen LogP contribution is 2.36. The molecule has 1 aromatic rings. The van der Waals surface area contributed by atoms with E-state index in [0.717, 1.165) is 60.0 Å². The SMILES string of the molecule is C/C=C\CC/C(Cl)=C(\CCl)SN1CCC(N2C(=O)OCc3cc(C)ccc32)CC1.CC. The van der Waals surface area contributed by atoms with Crippen LogP contribution in [0, 0.1) is 6.92 Å². The monoisotopic (exact) mass is 484 g/mol. The minimum Gasteiger partial charge on any atom is -0.444 e. The number of halogens is 2. The molecule has 1 saturated heterocycles. The van der Waals surface area contributed by atoms with Gasteiger partial charge in [0.05, 0.1) is 11.6 Å². The molecule has 3 rings (SSSR count). The summed E-state index contributed by atoms with van der Waals surface area (Å²) in [6.45, 7) is 10.2. The fraction of sp³-hybridized carbons (Fsp3) is 0.542. The molecule has 1 amide bonds. The van der Waals surface area contributed by atoms with Gasteiger partial charge in [-0.05, 0) is 57.5 Å². The third-order valence-electron chi connectivity index (χ3n) is 5.26. The molecule has 1 fully saturated rings. The van der Waals surface area contributed by atoms with Gasteiger partial charge in [0.2, 0.25) is 0 Å². The van der Waals surface area contributed by atoms with Crippen molar-refractivity contribution < 1.29 is 9.53 Å². The number of carbonyl (C=O) groups is 1. The first-order chi connectivity index (χ1) is 15.0. The highest BCUT2D eigenvalue weighted by atomic mass is 35.5. The summed E-state index contributed by atoms with van der Waals surface area (Å²) in [6, 6.07) is 6.36. The lowest BCUT2D eigenvalue weighted by molar-refractivity contribution is 0.136. The summed E-state index contributed by atoms with van der Waals surface area (Å²) in [6.07, 6.45) is 7.43. The standard InChI is InChI=1S/C22H28Cl2N2O2S.C2H6/c1-3-4-5-6-19(24)21(14-23)29-25-11-9-18(10-12-25)26-20-8-7-16(2)13-17(20)15-28-22(26)27;1-2/h3-4,7-8,13,18H,5-6,9-12,14-15H2,1-2H3;1-2H3/b4-3-,21-19-;. The second-order valence-electron chi connectivity index (χ2n) is 7.38. The number of fused-ring (bicyclic) bond motifs is 1. The normalized spacial score (nSPS) is 18.3. The number of alkyl halides is 1. The van der Waals surface area contributed by atoms with Crippen molar-refractivity contribution in [2.45, 2.75) is 66.0 Å². The van der Waals surface area contributed by atoms with E-state index >= 15 is 0 Å². The quantitative estimate of drug-likeness (QED) is 0.226. The predicted molar refractivity (Wildman–Crippen MR) is 135 cm³/mol. The number of amides is 1. The Morgan fingerprint density at radius 3 is 2.65 bits per heavy atom. The van der Waals surface area contributed by atoms with E-state index in [1.54, 1.807) is 11.9 Å². The summed E-state index contributed by atoms with van der Waals surface area (Å²) in [5.41, 5.74) is 3.26. The van der Waals surface area contributed by atoms with Gasteiger partial charge in [0.15, 0.2) is 0 Å². The molecule has 0 bridgehead atoms. The lowest BCUT2D eigenvalue weighted by Crippen LogP contribution is -2.48. The second kappa shape index (κ2) is 13.4. The van der Waals surface area contributed by atoms with E-state index in [1.807, 2.05) is 37.8 Å². The van der Waals surface area contributed by atoms with Crippen LogP contribution < -0.4 is 4.90 Å². The van der Waals surface area contributed by atoms with Gasteiger partial charge < -0.3 is 4.74 Å². The number of hydrogen-bond donors (Lipinski definition) is 0. The molecule has 4 nitrogen and oxygen atoms in total. The predicted octanol–water partition coefficient (Wildman–Crippen LogP) is 7.64. The molecule has 1 aromatic carbocycles. The van der Waals surface area contributed by atoms with Crippen molar-refractivity contribution in [2.24, 2.45) is 0 Å². The van der Waals surface area contributed by atoms with Crippen molar-refractivity contribution in [1.29, 1.82) is 0 Å². The van der Waals surface area contributed by atoms with Crippen LogP contribution in [0.2, 0.25) is 0 Å². The minimum atomic E-state index is -0.235. The Morgan fingerprint density at radius 1 is 1.29 bits per heavy atom. The largest absolute Gasteiger partial charge is 0.444 e. The van der Waals surface area contributed by atoms with Crippen molar-refractivity contribution >= 4 is 46.9 Å². The summed E-state index contributed by atoms with van der Waals surface area (Å²) in [4.78, 5) is 15.4. The fourth-order valence-corrected chi connectivity index (χ4v) is 5.34. The van der Waals surface area contributed by atoms with Gasteiger partial charge in [-0.1, -0.05) is 55.3 Å². The zero-order valence-electron chi connectivity index (χ0n) is 19.0. The first kappa shape index (κ1) is 26.1. The van der Waals surface area contributed by atoms with Crippen LogP contribution in [0.1, 0.15) is 57.6 Å². The first-order valence-electron chi connectivity index (χ1n) is 11.1. The number of benzene rings is 1. The van der Waals surface area contributed by atoms with Crippen LogP contribution in [0.5, 0.6) is 0 Å². The first-order valence-corrected chi connectivity index (χ1v) is 12.7. The summed E-state index contributed by atoms with van der Waals surface area (Å²) in [5, 5.41) is 0.842. The van der Waals surface area contributed by atoms with Gasteiger partial charge in [0, 0.05) is 34.6 Å². The van der Waals surface area contributed by atoms with Crippen molar-refractivity contribution in [3.8, 4) is 0 Å². The maximum atomic E-state index is 12.5. The molecule has 0 radical (unpaired) electrons. The second-order valence-corrected chi connectivity index (χ2v) is 9.29. The summed E-state index contributed by atoms with van der Waals surface area (Å²) >= 11 is 14.3. The third-order valence-corrected chi connectivity index (χ3v) is 7.45. The topological polar surface area (TPSA) is 32.8 Å². The van der Waals surface area contributed by atoms with E-state index in [9.17, 15) is 4.79 Å². The molecule has 31 heavy (non-hydrogen) atoms. The Bertz CT molecular complexity index is 790. The number of cyclic esters (lactones) is 1. The maximum absolute atomic E-state index is 12.5. The number of allylic oxidation sites excluding steroid dienone is 4. The van der Waals surface area contributed by atoms with Gasteiger partial charge in [0.1, 0.15) is 6.61 Å². The number of aryl methyl sites for hydroxylation is 1. The Kier molecular flexibility index (Phi) is 11.3. The molecule has 0 spiro atoms. The molecular weight excluding hydrogens is 451 g/mol. The van der Waals surface area contributed by atoms with E-state index in [0.29, 0.717) is 12.5 Å². The van der Waals surface area contributed by atoms with E-state index < -0.39 is 0 Å². The van der Waals surface area contributed by atoms with Crippen LogP contribution in [-0.4, -0.2) is 35.4 Å². The van der Waals surface area contributed by atoms with Gasteiger partial charge in [-0.2, -0.15) is 0 Å². The zero-order valence-corrected chi connectivity index (χ0v) is 21.3. The van der Waals surface area contributed by atoms with Gasteiger partial charge in [0.25, 0.3) is 0 Å². The number of carbonyl (C=O) groups excluding carboxylic acids is 1. The average Bonchev–Trinajstić information content (AvgIpc) is 2.79. The molecule has 0 atom stereocenters. The summed E-state index contributed by atoms with van der Waals surface area (Å²) < 4.78 is 7.74. The van der Waals surface area contributed by atoms with Gasteiger partial charge >= 0.3 is 6.09 Å². The number of nitrogens with zero attached hydrogens (tertiary/aromatic N) is 2. The number of piperidine rings is 1. The van der Waals surface area contributed by atoms with E-state index in [4.69, 9.17) is 27.9 Å². The summed E-state index contributed by atoms with van der Waals surface area (Å²) in [5.74, 6) is 0.421. The van der Waals surface area contributed by atoms with Crippen LogP contribution in [0.25, 0.3) is 0 Å². The van der Waals surface area contributed by atoms with E-state index in [-0.39, 0.29) is 12.1 Å². The highest BCUT2D eigenvalue weighted by Gasteiger charge is 2.34. The lowest BCUT2D eigenvalue weighted by atomic mass is 10.0. The van der Waals surface area contributed by atoms with E-state index in [2.05, 4.69) is 29.4 Å². The fourth-order valence-electron chi connectivity index (χ4n) is 3.73. The van der Waals surface area contributed by atoms with Crippen LogP contribution in [0.3, 0.4) is 0 Å². The maximum Gasteiger partial charge on any atom is 0.414 e.